The second kappa shape index (κ2) is 13.5. The number of aliphatic hydroxyl groups is 1. The Bertz CT molecular complexity index is 306. The smallest absolute Gasteiger partial charge is 0.748 e. The zero-order chi connectivity index (χ0) is 14.7. The molecular weight excluding hydrogens is 287 g/mol. The van der Waals surface area contributed by atoms with E-state index in [1.807, 2.05) is 6.92 Å². The van der Waals surface area contributed by atoms with Gasteiger partial charge in [-0.05, 0) is 12.8 Å². The third-order valence-corrected chi connectivity index (χ3v) is 4.77. The molecule has 0 saturated heterocycles. The van der Waals surface area contributed by atoms with E-state index in [-0.39, 0.29) is 36.0 Å². The normalized spacial score (nSPS) is 14.6. The Morgan fingerprint density at radius 2 is 1.40 bits per heavy atom. The predicted molar refractivity (Wildman–Crippen MR) is 77.0 cm³/mol. The van der Waals surface area contributed by atoms with Gasteiger partial charge in [0, 0.05) is 0 Å². The van der Waals surface area contributed by atoms with Crippen LogP contribution < -0.4 is 29.6 Å². The van der Waals surface area contributed by atoms with E-state index < -0.39 is 21.5 Å². The molecule has 0 rings (SSSR count). The minimum Gasteiger partial charge on any atom is -0.748 e. The number of unbranched alkanes of at least 4 members (excludes halogenated alkanes) is 6. The van der Waals surface area contributed by atoms with Gasteiger partial charge < -0.3 is 9.66 Å². The molecule has 0 aliphatic heterocycles. The van der Waals surface area contributed by atoms with E-state index in [1.165, 1.54) is 25.7 Å². The van der Waals surface area contributed by atoms with Crippen LogP contribution in [0, 0.1) is 0 Å². The largest absolute Gasteiger partial charge is 1.00 e. The summed E-state index contributed by atoms with van der Waals surface area (Å²) in [5, 5.41) is 8.71. The summed E-state index contributed by atoms with van der Waals surface area (Å²) in [6.07, 6.45) is 8.10. The molecule has 0 saturated carbocycles. The first-order chi connectivity index (χ1) is 8.93. The second-order valence-corrected chi connectivity index (χ2v) is 6.89. The van der Waals surface area contributed by atoms with Crippen molar-refractivity contribution in [2.24, 2.45) is 0 Å². The molecule has 0 aromatic carbocycles. The Balaban J connectivity index is 0. The molecule has 6 heteroatoms. The molecule has 0 spiro atoms. The molecule has 0 heterocycles. The molecule has 0 bridgehead atoms. The maximum absolute atomic E-state index is 11.1. The van der Waals surface area contributed by atoms with Crippen LogP contribution in [0.1, 0.15) is 78.1 Å². The summed E-state index contributed by atoms with van der Waals surface area (Å²) < 4.78 is 33.2. The molecule has 116 valence electrons. The third-order valence-electron chi connectivity index (χ3n) is 3.48. The zero-order valence-corrected chi connectivity index (χ0v) is 16.1. The quantitative estimate of drug-likeness (QED) is 0.317. The van der Waals surface area contributed by atoms with Crippen LogP contribution in [0.3, 0.4) is 0 Å². The molecule has 0 radical (unpaired) electrons. The van der Waals surface area contributed by atoms with Crippen molar-refractivity contribution in [1.29, 1.82) is 0 Å². The van der Waals surface area contributed by atoms with Gasteiger partial charge in [-0.25, -0.2) is 8.42 Å². The predicted octanol–water partition coefficient (Wildman–Crippen LogP) is 0.206. The Morgan fingerprint density at radius 3 is 1.85 bits per heavy atom. The Hall–Kier alpha value is 0.870. The van der Waals surface area contributed by atoms with Gasteiger partial charge in [-0.15, -0.1) is 0 Å². The van der Waals surface area contributed by atoms with E-state index in [4.69, 9.17) is 0 Å². The Morgan fingerprint density at radius 1 is 0.900 bits per heavy atom. The summed E-state index contributed by atoms with van der Waals surface area (Å²) in [7, 11) is -4.38. The summed E-state index contributed by atoms with van der Waals surface area (Å²) in [4.78, 5) is 0. The molecule has 0 fully saturated rings. The van der Waals surface area contributed by atoms with Crippen LogP contribution in [0.2, 0.25) is 0 Å². The fraction of sp³-hybridized carbons (Fsp3) is 1.00. The number of rotatable bonds is 12. The van der Waals surface area contributed by atoms with E-state index >= 15 is 0 Å². The molecule has 0 aromatic rings. The molecule has 2 unspecified atom stereocenters. The maximum Gasteiger partial charge on any atom is 1.00 e. The van der Waals surface area contributed by atoms with E-state index in [0.717, 1.165) is 19.3 Å². The van der Waals surface area contributed by atoms with E-state index in [9.17, 15) is 18.1 Å². The van der Waals surface area contributed by atoms with Gasteiger partial charge in [0.05, 0.1) is 11.4 Å². The zero-order valence-electron chi connectivity index (χ0n) is 13.3. The van der Waals surface area contributed by atoms with Crippen molar-refractivity contribution in [2.75, 3.05) is 0 Å². The van der Waals surface area contributed by atoms with Crippen molar-refractivity contribution < 1.29 is 47.6 Å². The van der Waals surface area contributed by atoms with Gasteiger partial charge in [0.2, 0.25) is 0 Å². The molecule has 0 aliphatic carbocycles. The number of aliphatic hydroxyl groups excluding tert-OH is 1. The molecule has 4 nitrogen and oxygen atoms in total. The first-order valence-corrected chi connectivity index (χ1v) is 9.03. The summed E-state index contributed by atoms with van der Waals surface area (Å²) in [5.41, 5.74) is 0. The van der Waals surface area contributed by atoms with E-state index in [2.05, 4.69) is 6.92 Å². The Kier molecular flexibility index (Phi) is 15.7. The SMILES string of the molecule is CCCCCCCCCC(O)C(CCC)S(=O)(=O)[O-].[Na+]. The van der Waals surface area contributed by atoms with E-state index in [0.29, 0.717) is 12.8 Å². The standard InChI is InChI=1S/C14H30O4S.Na/c1-3-5-6-7-8-9-10-12-13(15)14(11-4-2)19(16,17)18;/h13-15H,3-12H2,1-2H3,(H,16,17,18);/q;+1/p-1. The molecule has 2 atom stereocenters. The van der Waals surface area contributed by atoms with Crippen LogP contribution in [0.15, 0.2) is 0 Å². The van der Waals surface area contributed by atoms with Crippen molar-refractivity contribution in [3.63, 3.8) is 0 Å². The first kappa shape index (κ1) is 23.1. The van der Waals surface area contributed by atoms with Crippen LogP contribution in [0.4, 0.5) is 0 Å². The van der Waals surface area contributed by atoms with Gasteiger partial charge in [0.1, 0.15) is 10.1 Å². The number of hydrogen-bond donors (Lipinski definition) is 1. The Labute approximate surface area is 146 Å². The van der Waals surface area contributed by atoms with Crippen LogP contribution in [-0.4, -0.2) is 29.4 Å². The first-order valence-electron chi connectivity index (χ1n) is 7.56. The third kappa shape index (κ3) is 11.5. The molecule has 20 heavy (non-hydrogen) atoms. The van der Waals surface area contributed by atoms with Gasteiger partial charge in [-0.2, -0.15) is 0 Å². The van der Waals surface area contributed by atoms with Crippen LogP contribution in [0.25, 0.3) is 0 Å². The van der Waals surface area contributed by atoms with Gasteiger partial charge in [-0.3, -0.25) is 0 Å². The average molecular weight is 316 g/mol. The topological polar surface area (TPSA) is 77.4 Å². The second-order valence-electron chi connectivity index (χ2n) is 5.30. The van der Waals surface area contributed by atoms with Crippen molar-refractivity contribution in [1.82, 2.24) is 0 Å². The monoisotopic (exact) mass is 316 g/mol. The van der Waals surface area contributed by atoms with Crippen molar-refractivity contribution in [3.05, 3.63) is 0 Å². The molecular formula is C14H29NaO4S. The fourth-order valence-electron chi connectivity index (χ4n) is 2.31. The number of hydrogen-bond acceptors (Lipinski definition) is 4. The van der Waals surface area contributed by atoms with Crippen molar-refractivity contribution >= 4 is 10.1 Å². The summed E-state index contributed by atoms with van der Waals surface area (Å²) >= 11 is 0. The summed E-state index contributed by atoms with van der Waals surface area (Å²) in [6.45, 7) is 3.99. The fourth-order valence-corrected chi connectivity index (χ4v) is 3.36. The van der Waals surface area contributed by atoms with Gasteiger partial charge in [0.25, 0.3) is 0 Å². The van der Waals surface area contributed by atoms with Gasteiger partial charge in [0.15, 0.2) is 0 Å². The molecule has 1 N–H and O–H groups in total. The summed E-state index contributed by atoms with van der Waals surface area (Å²) in [6, 6.07) is 0. The van der Waals surface area contributed by atoms with Crippen LogP contribution in [0.5, 0.6) is 0 Å². The van der Waals surface area contributed by atoms with Crippen LogP contribution >= 0.6 is 0 Å². The van der Waals surface area contributed by atoms with Gasteiger partial charge >= 0.3 is 29.6 Å². The minimum absolute atomic E-state index is 0. The van der Waals surface area contributed by atoms with E-state index in [1.54, 1.807) is 0 Å². The average Bonchev–Trinajstić information content (AvgIpc) is 2.33. The van der Waals surface area contributed by atoms with Crippen molar-refractivity contribution in [3.8, 4) is 0 Å². The maximum atomic E-state index is 11.1. The molecule has 0 aromatic heterocycles. The van der Waals surface area contributed by atoms with Crippen molar-refractivity contribution in [2.45, 2.75) is 89.4 Å². The molecule has 0 amide bonds. The molecule has 0 aliphatic rings. The van der Waals surface area contributed by atoms with Crippen LogP contribution in [-0.2, 0) is 10.1 Å². The minimum atomic E-state index is -4.38. The van der Waals surface area contributed by atoms with Gasteiger partial charge in [-0.1, -0.05) is 65.2 Å². The summed E-state index contributed by atoms with van der Waals surface area (Å²) in [5.74, 6) is 0.